The Kier molecular flexibility index (Phi) is 4.43. The van der Waals surface area contributed by atoms with E-state index in [1.165, 1.54) is 0 Å². The van der Waals surface area contributed by atoms with Crippen molar-refractivity contribution in [2.45, 2.75) is 19.9 Å². The van der Waals surface area contributed by atoms with Crippen LogP contribution in [0.25, 0.3) is 0 Å². The zero-order chi connectivity index (χ0) is 15.4. The second-order valence-corrected chi connectivity index (χ2v) is 5.86. The number of nitrogens with zero attached hydrogens (tertiary/aromatic N) is 2. The Hall–Kier alpha value is -2.28. The number of hydrogen-bond acceptors (Lipinski definition) is 5. The van der Waals surface area contributed by atoms with Gasteiger partial charge in [0.15, 0.2) is 17.5 Å². The Morgan fingerprint density at radius 3 is 2.95 bits per heavy atom. The van der Waals surface area contributed by atoms with Crippen molar-refractivity contribution in [1.29, 1.82) is 0 Å². The van der Waals surface area contributed by atoms with E-state index >= 15 is 0 Å². The fraction of sp³-hybridized carbons (Fsp3) is 0.333. The largest absolute Gasteiger partial charge is 0.490 e. The Balaban J connectivity index is 1.65. The number of aliphatic imine (C=N–C) groups is 1. The summed E-state index contributed by atoms with van der Waals surface area (Å²) in [7, 11) is 0. The van der Waals surface area contributed by atoms with Crippen LogP contribution >= 0.6 is 11.3 Å². The van der Waals surface area contributed by atoms with Crippen molar-refractivity contribution in [3.8, 4) is 11.5 Å². The third-order valence-corrected chi connectivity index (χ3v) is 4.02. The van der Waals surface area contributed by atoms with E-state index in [9.17, 15) is 0 Å². The molecule has 1 aromatic heterocycles. The molecule has 116 valence electrons. The molecule has 0 radical (unpaired) electrons. The maximum absolute atomic E-state index is 5.91. The predicted octanol–water partition coefficient (Wildman–Crippen LogP) is 2.54. The van der Waals surface area contributed by atoms with Gasteiger partial charge in [-0.3, -0.25) is 0 Å². The summed E-state index contributed by atoms with van der Waals surface area (Å²) in [5, 5.41) is 6.00. The first-order chi connectivity index (χ1) is 10.7. The molecule has 0 saturated heterocycles. The van der Waals surface area contributed by atoms with Gasteiger partial charge in [-0.1, -0.05) is 0 Å². The van der Waals surface area contributed by atoms with Gasteiger partial charge < -0.3 is 20.5 Å². The van der Waals surface area contributed by atoms with Crippen molar-refractivity contribution < 1.29 is 9.47 Å². The predicted molar refractivity (Wildman–Crippen MR) is 87.8 cm³/mol. The number of guanidine groups is 1. The Bertz CT molecular complexity index is 684. The van der Waals surface area contributed by atoms with Gasteiger partial charge in [-0.25, -0.2) is 9.98 Å². The highest BCUT2D eigenvalue weighted by Gasteiger charge is 2.10. The molecule has 22 heavy (non-hydrogen) atoms. The zero-order valence-corrected chi connectivity index (χ0v) is 13.2. The number of anilines is 1. The first kappa shape index (κ1) is 14.6. The van der Waals surface area contributed by atoms with E-state index in [-0.39, 0.29) is 0 Å². The fourth-order valence-electron chi connectivity index (χ4n) is 2.06. The first-order valence-corrected chi connectivity index (χ1v) is 7.96. The fourth-order valence-corrected chi connectivity index (χ4v) is 2.75. The van der Waals surface area contributed by atoms with Crippen LogP contribution in [0, 0.1) is 6.92 Å². The summed E-state index contributed by atoms with van der Waals surface area (Å²) in [5.41, 5.74) is 7.74. The molecule has 3 rings (SSSR count). The minimum atomic E-state index is 0.349. The summed E-state index contributed by atoms with van der Waals surface area (Å²) in [6.45, 7) is 3.77. The molecule has 7 heteroatoms. The van der Waals surface area contributed by atoms with Gasteiger partial charge in [0.2, 0.25) is 0 Å². The molecule has 1 aliphatic rings. The number of ether oxygens (including phenoxy) is 2. The number of aryl methyl sites for hydroxylation is 1. The van der Waals surface area contributed by atoms with Gasteiger partial charge in [0.05, 0.1) is 19.8 Å². The van der Waals surface area contributed by atoms with Crippen LogP contribution in [0.4, 0.5) is 5.69 Å². The Labute approximate surface area is 133 Å². The average Bonchev–Trinajstić information content (AvgIpc) is 2.78. The van der Waals surface area contributed by atoms with Crippen molar-refractivity contribution in [3.63, 3.8) is 0 Å². The van der Waals surface area contributed by atoms with Gasteiger partial charge in [-0.2, -0.15) is 0 Å². The summed E-state index contributed by atoms with van der Waals surface area (Å²) in [4.78, 5) is 8.64. The third-order valence-electron chi connectivity index (χ3n) is 3.07. The van der Waals surface area contributed by atoms with Gasteiger partial charge in [0, 0.05) is 29.2 Å². The molecule has 0 bridgehead atoms. The lowest BCUT2D eigenvalue weighted by atomic mass is 10.3. The number of aromatic nitrogens is 1. The second-order valence-electron chi connectivity index (χ2n) is 4.92. The van der Waals surface area contributed by atoms with Crippen molar-refractivity contribution in [2.75, 3.05) is 18.5 Å². The van der Waals surface area contributed by atoms with Gasteiger partial charge >= 0.3 is 0 Å². The number of nitrogens with one attached hydrogen (secondary N) is 1. The van der Waals surface area contributed by atoms with E-state index in [0.717, 1.165) is 34.3 Å². The minimum Gasteiger partial charge on any atom is -0.490 e. The molecule has 0 aliphatic carbocycles. The van der Waals surface area contributed by atoms with Crippen LogP contribution in [0.15, 0.2) is 28.6 Å². The smallest absolute Gasteiger partial charge is 0.193 e. The number of benzene rings is 1. The summed E-state index contributed by atoms with van der Waals surface area (Å²) < 4.78 is 11.2. The number of nitrogens with two attached hydrogens (primary N) is 1. The van der Waals surface area contributed by atoms with Crippen LogP contribution < -0.4 is 20.5 Å². The van der Waals surface area contributed by atoms with Crippen LogP contribution in [0.3, 0.4) is 0 Å². The van der Waals surface area contributed by atoms with Gasteiger partial charge in [0.25, 0.3) is 0 Å². The molecule has 2 aromatic rings. The van der Waals surface area contributed by atoms with Crippen LogP contribution in [-0.4, -0.2) is 24.2 Å². The van der Waals surface area contributed by atoms with Crippen LogP contribution in [0.1, 0.15) is 17.1 Å². The lowest BCUT2D eigenvalue weighted by Crippen LogP contribution is -2.22. The van der Waals surface area contributed by atoms with Crippen molar-refractivity contribution in [1.82, 2.24) is 4.98 Å². The second kappa shape index (κ2) is 6.65. The van der Waals surface area contributed by atoms with Crippen molar-refractivity contribution in [3.05, 3.63) is 34.3 Å². The normalized spacial score (nSPS) is 14.5. The summed E-state index contributed by atoms with van der Waals surface area (Å²) >= 11 is 1.58. The van der Waals surface area contributed by atoms with E-state index in [1.54, 1.807) is 11.3 Å². The summed E-state index contributed by atoms with van der Waals surface area (Å²) in [5.74, 6) is 1.84. The standard InChI is InChI=1S/C15H18N4O2S/c1-10-9-22-14(18-10)8-17-15(16)19-11-3-4-12-13(7-11)21-6-2-5-20-12/h3-4,7,9H,2,5-6,8H2,1H3,(H3,16,17,19). The molecule has 1 aliphatic heterocycles. The highest BCUT2D eigenvalue weighted by atomic mass is 32.1. The molecule has 0 saturated carbocycles. The topological polar surface area (TPSA) is 81.8 Å². The number of fused-ring (bicyclic) bond motifs is 1. The number of thiazole rings is 1. The van der Waals surface area contributed by atoms with E-state index in [1.807, 2.05) is 30.5 Å². The first-order valence-electron chi connectivity index (χ1n) is 7.08. The average molecular weight is 318 g/mol. The Morgan fingerprint density at radius 2 is 2.18 bits per heavy atom. The lowest BCUT2D eigenvalue weighted by Gasteiger charge is -2.10. The van der Waals surface area contributed by atoms with Crippen LogP contribution in [-0.2, 0) is 6.54 Å². The Morgan fingerprint density at radius 1 is 1.36 bits per heavy atom. The molecule has 3 N–H and O–H groups in total. The molecular weight excluding hydrogens is 300 g/mol. The maximum atomic E-state index is 5.91. The summed E-state index contributed by atoms with van der Waals surface area (Å²) in [6.07, 6.45) is 0.883. The highest BCUT2D eigenvalue weighted by Crippen LogP contribution is 2.32. The molecule has 1 aromatic carbocycles. The number of hydrogen-bond donors (Lipinski definition) is 2. The molecule has 0 spiro atoms. The third kappa shape index (κ3) is 3.67. The van der Waals surface area contributed by atoms with Crippen molar-refractivity contribution in [2.24, 2.45) is 10.7 Å². The molecule has 2 heterocycles. The molecule has 0 atom stereocenters. The van der Waals surface area contributed by atoms with Gasteiger partial charge in [0.1, 0.15) is 5.01 Å². The molecule has 0 amide bonds. The highest BCUT2D eigenvalue weighted by molar-refractivity contribution is 7.09. The van der Waals surface area contributed by atoms with Gasteiger partial charge in [-0.05, 0) is 19.1 Å². The zero-order valence-electron chi connectivity index (χ0n) is 12.3. The maximum Gasteiger partial charge on any atom is 0.193 e. The van der Waals surface area contributed by atoms with Crippen LogP contribution in [0.2, 0.25) is 0 Å². The molecule has 0 unspecified atom stereocenters. The van der Waals surface area contributed by atoms with Crippen LogP contribution in [0.5, 0.6) is 11.5 Å². The molecule has 6 nitrogen and oxygen atoms in total. The quantitative estimate of drug-likeness (QED) is 0.671. The number of rotatable bonds is 3. The SMILES string of the molecule is Cc1csc(CN=C(N)Nc2ccc3c(c2)OCCCO3)n1. The monoisotopic (exact) mass is 318 g/mol. The lowest BCUT2D eigenvalue weighted by molar-refractivity contribution is 0.297. The van der Waals surface area contributed by atoms with E-state index in [0.29, 0.717) is 25.7 Å². The molecule has 0 fully saturated rings. The van der Waals surface area contributed by atoms with Gasteiger partial charge in [-0.15, -0.1) is 11.3 Å². The van der Waals surface area contributed by atoms with E-state index < -0.39 is 0 Å². The minimum absolute atomic E-state index is 0.349. The van der Waals surface area contributed by atoms with Crippen molar-refractivity contribution >= 4 is 23.0 Å². The van der Waals surface area contributed by atoms with E-state index in [4.69, 9.17) is 15.2 Å². The summed E-state index contributed by atoms with van der Waals surface area (Å²) in [6, 6.07) is 5.64. The van der Waals surface area contributed by atoms with E-state index in [2.05, 4.69) is 15.3 Å². The molecular formula is C15H18N4O2S.